The van der Waals surface area contributed by atoms with E-state index in [1.165, 1.54) is 25.3 Å². The fourth-order valence-corrected chi connectivity index (χ4v) is 4.16. The van der Waals surface area contributed by atoms with Crippen LogP contribution in [0.1, 0.15) is 16.8 Å². The average Bonchev–Trinajstić information content (AvgIpc) is 2.89. The quantitative estimate of drug-likeness (QED) is 0.212. The summed E-state index contributed by atoms with van der Waals surface area (Å²) in [6.07, 6.45) is 6.26. The number of methoxy groups -OCH3 is 1. The third-order valence-electron chi connectivity index (χ3n) is 6.06. The molecule has 0 spiro atoms. The Kier molecular flexibility index (Phi) is 9.96. The van der Waals surface area contributed by atoms with Gasteiger partial charge in [-0.3, -0.25) is 14.7 Å². The van der Waals surface area contributed by atoms with E-state index in [0.29, 0.717) is 23.7 Å². The smallest absolute Gasteiger partial charge is 0.324 e. The molecule has 1 aromatic heterocycles. The molecule has 0 saturated carbocycles. The van der Waals surface area contributed by atoms with E-state index < -0.39 is 5.82 Å². The van der Waals surface area contributed by atoms with E-state index in [-0.39, 0.29) is 28.8 Å². The standard InChI is InChI=1S/C27H32ClFN6O2/c1-17(22(14-30)26(31)21-13-19(28)5-6-23(21)29)4-7-24-18(2)12-20(15-34-24)32-8-10-35-11-9-33-25(16-35)27(36)37-3/h4-7,12-15,25,30,32-33H,1,8-11,16,31H2,2-3H3/b7-4-,26-22+,30-14?. The van der Waals surface area contributed by atoms with E-state index in [2.05, 4.69) is 27.1 Å². The zero-order valence-corrected chi connectivity index (χ0v) is 21.7. The molecule has 0 radical (unpaired) electrons. The molecule has 1 aliphatic heterocycles. The molecule has 1 atom stereocenters. The highest BCUT2D eigenvalue weighted by atomic mass is 35.5. The van der Waals surface area contributed by atoms with E-state index in [1.807, 2.05) is 13.0 Å². The summed E-state index contributed by atoms with van der Waals surface area (Å²) in [7, 11) is 1.40. The van der Waals surface area contributed by atoms with Gasteiger partial charge in [-0.25, -0.2) is 4.39 Å². The maximum Gasteiger partial charge on any atom is 0.324 e. The molecule has 0 aliphatic carbocycles. The molecule has 1 aromatic carbocycles. The number of ether oxygens (including phenoxy) is 1. The summed E-state index contributed by atoms with van der Waals surface area (Å²) < 4.78 is 19.1. The Morgan fingerprint density at radius 2 is 2.24 bits per heavy atom. The number of hydrogen-bond acceptors (Lipinski definition) is 8. The van der Waals surface area contributed by atoms with Crippen molar-refractivity contribution < 1.29 is 13.9 Å². The average molecular weight is 527 g/mol. The summed E-state index contributed by atoms with van der Waals surface area (Å²) in [6.45, 7) is 9.62. The van der Waals surface area contributed by atoms with Crippen LogP contribution in [0.2, 0.25) is 5.02 Å². The molecule has 1 aliphatic rings. The van der Waals surface area contributed by atoms with Crippen molar-refractivity contribution in [1.82, 2.24) is 15.2 Å². The van der Waals surface area contributed by atoms with Gasteiger partial charge in [0.25, 0.3) is 0 Å². The van der Waals surface area contributed by atoms with Gasteiger partial charge in [-0.05, 0) is 48.4 Å². The number of carbonyl (C=O) groups excluding carboxylic acids is 1. The molecular formula is C27H32ClFN6O2. The van der Waals surface area contributed by atoms with Crippen molar-refractivity contribution in [3.63, 3.8) is 0 Å². The Bertz CT molecular complexity index is 1230. The van der Waals surface area contributed by atoms with Gasteiger partial charge in [0, 0.05) is 55.1 Å². The Labute approximate surface area is 221 Å². The summed E-state index contributed by atoms with van der Waals surface area (Å²) >= 11 is 5.98. The Morgan fingerprint density at radius 1 is 1.46 bits per heavy atom. The van der Waals surface area contributed by atoms with Crippen molar-refractivity contribution in [2.45, 2.75) is 13.0 Å². The van der Waals surface area contributed by atoms with Crippen molar-refractivity contribution in [2.75, 3.05) is 45.2 Å². The summed E-state index contributed by atoms with van der Waals surface area (Å²) in [5, 5.41) is 14.6. The van der Waals surface area contributed by atoms with E-state index in [4.69, 9.17) is 27.5 Å². The lowest BCUT2D eigenvalue weighted by molar-refractivity contribution is -0.144. The number of hydrogen-bond donors (Lipinski definition) is 4. The minimum Gasteiger partial charge on any atom is -0.468 e. The van der Waals surface area contributed by atoms with Gasteiger partial charge in [0.05, 0.1) is 30.4 Å². The zero-order chi connectivity index (χ0) is 26.9. The van der Waals surface area contributed by atoms with Gasteiger partial charge in [0.1, 0.15) is 11.9 Å². The lowest BCUT2D eigenvalue weighted by Crippen LogP contribution is -2.55. The molecule has 1 unspecified atom stereocenters. The molecular weight excluding hydrogens is 495 g/mol. The van der Waals surface area contributed by atoms with E-state index in [9.17, 15) is 9.18 Å². The lowest BCUT2D eigenvalue weighted by Gasteiger charge is -2.32. The summed E-state index contributed by atoms with van der Waals surface area (Å²) in [6, 6.07) is 5.78. The number of pyridine rings is 1. The third kappa shape index (κ3) is 7.48. The first-order valence-electron chi connectivity index (χ1n) is 11.8. The number of esters is 1. The number of aromatic nitrogens is 1. The van der Waals surface area contributed by atoms with Crippen molar-refractivity contribution in [2.24, 2.45) is 5.73 Å². The van der Waals surface area contributed by atoms with Gasteiger partial charge in [-0.15, -0.1) is 0 Å². The number of nitrogens with one attached hydrogen (secondary N) is 3. The molecule has 0 bridgehead atoms. The molecule has 0 amide bonds. The molecule has 2 heterocycles. The number of anilines is 1. The van der Waals surface area contributed by atoms with Crippen LogP contribution in [0.3, 0.4) is 0 Å². The number of aryl methyl sites for hydroxylation is 1. The molecule has 2 aromatic rings. The molecule has 8 nitrogen and oxygen atoms in total. The number of nitrogens with two attached hydrogens (primary N) is 1. The second-order valence-corrected chi connectivity index (χ2v) is 9.07. The van der Waals surface area contributed by atoms with Gasteiger partial charge in [-0.2, -0.15) is 0 Å². The molecule has 1 saturated heterocycles. The minimum absolute atomic E-state index is 0.0799. The normalized spacial score (nSPS) is 16.8. The molecule has 3 rings (SSSR count). The van der Waals surface area contributed by atoms with Crippen LogP contribution in [0.4, 0.5) is 10.1 Å². The lowest BCUT2D eigenvalue weighted by atomic mass is 10.0. The maximum absolute atomic E-state index is 14.2. The van der Waals surface area contributed by atoms with Gasteiger partial charge in [0.2, 0.25) is 0 Å². The number of carbonyl (C=O) groups is 1. The summed E-state index contributed by atoms with van der Waals surface area (Å²) in [5.74, 6) is -0.773. The van der Waals surface area contributed by atoms with Gasteiger partial charge >= 0.3 is 5.97 Å². The van der Waals surface area contributed by atoms with Crippen LogP contribution in [0, 0.1) is 18.2 Å². The number of halogens is 2. The molecule has 37 heavy (non-hydrogen) atoms. The minimum atomic E-state index is -0.529. The molecule has 5 N–H and O–H groups in total. The van der Waals surface area contributed by atoms with Gasteiger partial charge in [0.15, 0.2) is 0 Å². The van der Waals surface area contributed by atoms with Crippen LogP contribution in [-0.4, -0.2) is 67.9 Å². The van der Waals surface area contributed by atoms with Gasteiger partial charge < -0.3 is 26.5 Å². The number of rotatable bonds is 10. The number of allylic oxidation sites excluding steroid dienone is 3. The number of nitrogens with zero attached hydrogens (tertiary/aromatic N) is 2. The maximum atomic E-state index is 14.2. The number of piperazine rings is 1. The summed E-state index contributed by atoms with van der Waals surface area (Å²) in [4.78, 5) is 18.5. The third-order valence-corrected chi connectivity index (χ3v) is 6.30. The second-order valence-electron chi connectivity index (χ2n) is 8.64. The highest BCUT2D eigenvalue weighted by molar-refractivity contribution is 6.30. The predicted octanol–water partition coefficient (Wildman–Crippen LogP) is 3.63. The Morgan fingerprint density at radius 3 is 2.95 bits per heavy atom. The van der Waals surface area contributed by atoms with Crippen LogP contribution in [-0.2, 0) is 9.53 Å². The molecule has 10 heteroatoms. The zero-order valence-electron chi connectivity index (χ0n) is 21.0. The Balaban J connectivity index is 1.61. The first-order valence-corrected chi connectivity index (χ1v) is 12.2. The van der Waals surface area contributed by atoms with Gasteiger partial charge in [-0.1, -0.05) is 24.3 Å². The van der Waals surface area contributed by atoms with Crippen molar-refractivity contribution in [3.05, 3.63) is 81.9 Å². The van der Waals surface area contributed by atoms with Crippen LogP contribution < -0.4 is 16.4 Å². The highest BCUT2D eigenvalue weighted by Gasteiger charge is 2.25. The summed E-state index contributed by atoms with van der Waals surface area (Å²) in [5.41, 5.74) is 9.63. The van der Waals surface area contributed by atoms with E-state index in [0.717, 1.165) is 42.8 Å². The fourth-order valence-electron chi connectivity index (χ4n) is 3.99. The SMILES string of the molecule is C=C(/C=C\c1ncc(NCCN2CCNC(C(=O)OC)C2)cc1C)/C(C=N)=C(/N)c1cc(Cl)ccc1F. The van der Waals surface area contributed by atoms with Crippen molar-refractivity contribution in [1.29, 1.82) is 5.41 Å². The topological polar surface area (TPSA) is 116 Å². The first kappa shape index (κ1) is 28.0. The van der Waals surface area contributed by atoms with Crippen LogP contribution in [0.25, 0.3) is 11.8 Å². The van der Waals surface area contributed by atoms with Crippen LogP contribution in [0.5, 0.6) is 0 Å². The number of benzene rings is 1. The van der Waals surface area contributed by atoms with Crippen molar-refractivity contribution in [3.8, 4) is 0 Å². The fraction of sp³-hybridized carbons (Fsp3) is 0.296. The predicted molar refractivity (Wildman–Crippen MR) is 147 cm³/mol. The van der Waals surface area contributed by atoms with Crippen molar-refractivity contribution >= 4 is 41.2 Å². The van der Waals surface area contributed by atoms with Crippen LogP contribution in [0.15, 0.2) is 54.3 Å². The van der Waals surface area contributed by atoms with Crippen LogP contribution >= 0.6 is 11.6 Å². The molecule has 1 fully saturated rings. The first-order chi connectivity index (χ1) is 17.7. The molecule has 196 valence electrons. The van der Waals surface area contributed by atoms with E-state index >= 15 is 0 Å². The second kappa shape index (κ2) is 13.1. The largest absolute Gasteiger partial charge is 0.468 e. The highest BCUT2D eigenvalue weighted by Crippen LogP contribution is 2.24. The van der Waals surface area contributed by atoms with E-state index in [1.54, 1.807) is 18.3 Å². The monoisotopic (exact) mass is 526 g/mol. The Hall–Kier alpha value is -3.53.